The summed E-state index contributed by atoms with van der Waals surface area (Å²) in [6, 6.07) is 11.9. The van der Waals surface area contributed by atoms with Gasteiger partial charge in [-0.1, -0.05) is 36.9 Å². The Labute approximate surface area is 208 Å². The summed E-state index contributed by atoms with van der Waals surface area (Å²) in [5.74, 6) is 0.655. The Bertz CT molecular complexity index is 1420. The van der Waals surface area contributed by atoms with Crippen LogP contribution in [0, 0.1) is 6.92 Å². The molecule has 1 aliphatic heterocycles. The SMILES string of the molecule is C=Cc1ccccc1NC(C)c1cc(C)cc2c1nc(N1CCCCC1)n1cc(CC(F)(F)F)nc21. The molecule has 0 bridgehead atoms. The van der Waals surface area contributed by atoms with Crippen LogP contribution in [-0.4, -0.2) is 33.6 Å². The average Bonchev–Trinajstić information content (AvgIpc) is 3.26. The van der Waals surface area contributed by atoms with E-state index in [4.69, 9.17) is 4.98 Å². The van der Waals surface area contributed by atoms with E-state index in [2.05, 4.69) is 34.8 Å². The van der Waals surface area contributed by atoms with Crippen molar-refractivity contribution in [3.8, 4) is 0 Å². The molecule has 0 amide bonds. The van der Waals surface area contributed by atoms with E-state index in [0.717, 1.165) is 65.6 Å². The zero-order valence-corrected chi connectivity index (χ0v) is 20.6. The molecule has 3 heterocycles. The molecule has 2 aromatic carbocycles. The molecule has 0 spiro atoms. The molecule has 1 aliphatic rings. The smallest absolute Gasteiger partial charge is 0.378 e. The number of nitrogens with one attached hydrogen (secondary N) is 1. The maximum Gasteiger partial charge on any atom is 0.394 e. The third-order valence-corrected chi connectivity index (χ3v) is 6.75. The number of fused-ring (bicyclic) bond motifs is 3. The monoisotopic (exact) mass is 493 g/mol. The van der Waals surface area contributed by atoms with Crippen LogP contribution in [0.4, 0.5) is 24.8 Å². The normalized spacial score (nSPS) is 15.4. The Morgan fingerprint density at radius 3 is 2.58 bits per heavy atom. The van der Waals surface area contributed by atoms with Crippen LogP contribution in [0.3, 0.4) is 0 Å². The molecule has 1 saturated heterocycles. The first kappa shape index (κ1) is 24.2. The fourth-order valence-electron chi connectivity index (χ4n) is 5.08. The van der Waals surface area contributed by atoms with Gasteiger partial charge < -0.3 is 10.2 Å². The lowest BCUT2D eigenvalue weighted by Crippen LogP contribution is -2.32. The maximum atomic E-state index is 13.3. The first-order valence-corrected chi connectivity index (χ1v) is 12.4. The van der Waals surface area contributed by atoms with Gasteiger partial charge in [0.2, 0.25) is 5.95 Å². The fraction of sp³-hybridized carbons (Fsp3) is 0.357. The number of halogens is 3. The molecule has 5 nitrogen and oxygen atoms in total. The summed E-state index contributed by atoms with van der Waals surface area (Å²) in [4.78, 5) is 11.7. The van der Waals surface area contributed by atoms with E-state index in [-0.39, 0.29) is 11.7 Å². The predicted octanol–water partition coefficient (Wildman–Crippen LogP) is 7.10. The summed E-state index contributed by atoms with van der Waals surface area (Å²) in [7, 11) is 0. The molecule has 0 saturated carbocycles. The van der Waals surface area contributed by atoms with Crippen molar-refractivity contribution in [3.63, 3.8) is 0 Å². The molecular weight excluding hydrogens is 463 g/mol. The third kappa shape index (κ3) is 4.76. The Hall–Kier alpha value is -3.55. The maximum absolute atomic E-state index is 13.3. The lowest BCUT2D eigenvalue weighted by molar-refractivity contribution is -0.127. The number of aromatic nitrogens is 3. The van der Waals surface area contributed by atoms with E-state index < -0.39 is 12.6 Å². The van der Waals surface area contributed by atoms with Crippen molar-refractivity contribution in [1.82, 2.24) is 14.4 Å². The summed E-state index contributed by atoms with van der Waals surface area (Å²) in [6.07, 6.45) is 1.12. The Balaban J connectivity index is 1.69. The number of anilines is 2. The van der Waals surface area contributed by atoms with Gasteiger partial charge in [-0.05, 0) is 56.4 Å². The van der Waals surface area contributed by atoms with E-state index in [1.54, 1.807) is 4.40 Å². The van der Waals surface area contributed by atoms with Gasteiger partial charge in [-0.25, -0.2) is 9.97 Å². The Morgan fingerprint density at radius 1 is 1.11 bits per heavy atom. The number of nitrogens with zero attached hydrogens (tertiary/aromatic N) is 4. The third-order valence-electron chi connectivity index (χ3n) is 6.75. The molecule has 0 aliphatic carbocycles. The molecule has 8 heteroatoms. The quantitative estimate of drug-likeness (QED) is 0.311. The van der Waals surface area contributed by atoms with Gasteiger partial charge in [0.25, 0.3) is 0 Å². The summed E-state index contributed by atoms with van der Waals surface area (Å²) >= 11 is 0. The molecule has 1 N–H and O–H groups in total. The minimum absolute atomic E-state index is 0.00389. The topological polar surface area (TPSA) is 45.5 Å². The number of rotatable bonds is 6. The van der Waals surface area contributed by atoms with Gasteiger partial charge >= 0.3 is 6.18 Å². The van der Waals surface area contributed by atoms with Crippen molar-refractivity contribution in [2.45, 2.75) is 51.7 Å². The van der Waals surface area contributed by atoms with E-state index in [1.807, 2.05) is 43.3 Å². The van der Waals surface area contributed by atoms with Gasteiger partial charge in [-0.3, -0.25) is 4.40 Å². The molecular formula is C28H30F3N5. The zero-order valence-electron chi connectivity index (χ0n) is 20.6. The minimum atomic E-state index is -4.33. The van der Waals surface area contributed by atoms with Crippen molar-refractivity contribution < 1.29 is 13.2 Å². The van der Waals surface area contributed by atoms with Crippen LogP contribution in [0.15, 0.2) is 49.2 Å². The van der Waals surface area contributed by atoms with Gasteiger partial charge in [-0.15, -0.1) is 0 Å². The first-order valence-electron chi connectivity index (χ1n) is 12.4. The molecule has 4 aromatic rings. The lowest BCUT2D eigenvalue weighted by Gasteiger charge is -2.29. The predicted molar refractivity (Wildman–Crippen MR) is 140 cm³/mol. The van der Waals surface area contributed by atoms with Crippen LogP contribution < -0.4 is 10.2 Å². The number of benzene rings is 2. The molecule has 1 fully saturated rings. The van der Waals surface area contributed by atoms with Crippen LogP contribution in [0.25, 0.3) is 22.6 Å². The summed E-state index contributed by atoms with van der Waals surface area (Å²) in [5.41, 5.74) is 5.21. The van der Waals surface area contributed by atoms with Gasteiger partial charge in [0.1, 0.15) is 5.65 Å². The second-order valence-corrected chi connectivity index (χ2v) is 9.59. The minimum Gasteiger partial charge on any atom is -0.378 e. The van der Waals surface area contributed by atoms with Crippen molar-refractivity contribution in [1.29, 1.82) is 0 Å². The number of hydrogen-bond donors (Lipinski definition) is 1. The number of para-hydroxylation sites is 1. The lowest BCUT2D eigenvalue weighted by atomic mass is 10.0. The van der Waals surface area contributed by atoms with E-state index >= 15 is 0 Å². The number of piperidine rings is 1. The van der Waals surface area contributed by atoms with Crippen LogP contribution in [-0.2, 0) is 6.42 Å². The molecule has 1 atom stereocenters. The van der Waals surface area contributed by atoms with Crippen molar-refractivity contribution in [3.05, 3.63) is 71.6 Å². The second-order valence-electron chi connectivity index (χ2n) is 9.59. The molecule has 1 unspecified atom stereocenters. The van der Waals surface area contributed by atoms with Crippen LogP contribution >= 0.6 is 0 Å². The van der Waals surface area contributed by atoms with Crippen LogP contribution in [0.2, 0.25) is 0 Å². The molecule has 0 radical (unpaired) electrons. The van der Waals surface area contributed by atoms with Crippen LogP contribution in [0.5, 0.6) is 0 Å². The van der Waals surface area contributed by atoms with Gasteiger partial charge in [0, 0.05) is 35.9 Å². The standard InChI is InChI=1S/C28H30F3N5/c1-4-20-10-6-7-11-24(20)32-19(3)22-14-18(2)15-23-25(22)34-27(35-12-8-5-9-13-35)36-17-21(33-26(23)36)16-28(29,30)31/h4,6-7,10-11,14-15,17,19,32H,1,5,8-9,12-13,16H2,2-3H3. The molecule has 188 valence electrons. The highest BCUT2D eigenvalue weighted by atomic mass is 19.4. The molecule has 2 aromatic heterocycles. The van der Waals surface area contributed by atoms with Crippen molar-refractivity contribution in [2.24, 2.45) is 0 Å². The molecule has 36 heavy (non-hydrogen) atoms. The summed E-state index contributed by atoms with van der Waals surface area (Å²) in [5, 5.41) is 4.33. The Morgan fingerprint density at radius 2 is 1.86 bits per heavy atom. The van der Waals surface area contributed by atoms with Gasteiger partial charge in [0.05, 0.1) is 23.7 Å². The first-order chi connectivity index (χ1) is 17.2. The highest BCUT2D eigenvalue weighted by Gasteiger charge is 2.30. The zero-order chi connectivity index (χ0) is 25.4. The van der Waals surface area contributed by atoms with Crippen molar-refractivity contribution in [2.75, 3.05) is 23.3 Å². The Kier molecular flexibility index (Phi) is 6.36. The average molecular weight is 494 g/mol. The summed E-state index contributed by atoms with van der Waals surface area (Å²) in [6.45, 7) is 9.61. The second kappa shape index (κ2) is 9.48. The highest BCUT2D eigenvalue weighted by Crippen LogP contribution is 2.34. The number of alkyl halides is 3. The van der Waals surface area contributed by atoms with Crippen molar-refractivity contribution >= 4 is 34.3 Å². The highest BCUT2D eigenvalue weighted by molar-refractivity contribution is 5.95. The van der Waals surface area contributed by atoms with Crippen LogP contribution in [0.1, 0.15) is 54.6 Å². The number of hydrogen-bond acceptors (Lipinski definition) is 4. The largest absolute Gasteiger partial charge is 0.394 e. The molecule has 5 rings (SSSR count). The number of aryl methyl sites for hydroxylation is 1. The number of imidazole rings is 1. The summed E-state index contributed by atoms with van der Waals surface area (Å²) < 4.78 is 41.5. The van der Waals surface area contributed by atoms with Gasteiger partial charge in [0.15, 0.2) is 0 Å². The van der Waals surface area contributed by atoms with E-state index in [9.17, 15) is 13.2 Å². The van der Waals surface area contributed by atoms with E-state index in [0.29, 0.717) is 11.6 Å². The fourth-order valence-corrected chi connectivity index (χ4v) is 5.08. The van der Waals surface area contributed by atoms with E-state index in [1.165, 1.54) is 6.20 Å². The van der Waals surface area contributed by atoms with Gasteiger partial charge in [-0.2, -0.15) is 13.2 Å².